The Labute approximate surface area is 206 Å². The lowest BCUT2D eigenvalue weighted by Crippen LogP contribution is -2.14. The molecule has 0 atom stereocenters. The Morgan fingerprint density at radius 1 is 0.857 bits per heavy atom. The summed E-state index contributed by atoms with van der Waals surface area (Å²) in [5, 5.41) is 0. The zero-order valence-electron chi connectivity index (χ0n) is 20.5. The minimum Gasteiger partial charge on any atom is -0.494 e. The zero-order chi connectivity index (χ0) is 24.8. The molecule has 0 radical (unpaired) electrons. The van der Waals surface area contributed by atoms with Gasteiger partial charge in [-0.3, -0.25) is 0 Å². The molecule has 0 heterocycles. The summed E-state index contributed by atoms with van der Waals surface area (Å²) in [5.41, 5.74) is 3.18. The molecular weight excluding hydrogens is 445 g/mol. The smallest absolute Gasteiger partial charge is 0.162 e. The zero-order valence-corrected chi connectivity index (χ0v) is 20.5. The van der Waals surface area contributed by atoms with E-state index < -0.39 is 11.6 Å². The standard InChI is InChI=1S/C31H33F3O/c1-3-5-21-6-13-24(14-7-21)28-18-16-25(30(33)31(28)34)15-10-22-8-11-23(12-9-22)27-19-17-26(35-4-2)20-29(27)32/h3,5,8-9,11-12,16-21,24H,4,6-7,10,13-15H2,1-2H3/b5-3+. The monoisotopic (exact) mass is 478 g/mol. The number of hydrogen-bond acceptors (Lipinski definition) is 1. The van der Waals surface area contributed by atoms with Crippen LogP contribution in [0.4, 0.5) is 13.2 Å². The Bertz CT molecular complexity index is 1160. The molecule has 1 nitrogen and oxygen atoms in total. The quantitative estimate of drug-likeness (QED) is 0.294. The first-order valence-electron chi connectivity index (χ1n) is 12.6. The molecule has 3 aromatic carbocycles. The van der Waals surface area contributed by atoms with Crippen molar-refractivity contribution in [3.05, 3.63) is 101 Å². The molecule has 1 aliphatic carbocycles. The van der Waals surface area contributed by atoms with Crippen LogP contribution in [0.25, 0.3) is 11.1 Å². The van der Waals surface area contributed by atoms with Gasteiger partial charge in [-0.25, -0.2) is 13.2 Å². The van der Waals surface area contributed by atoms with Crippen molar-refractivity contribution in [2.75, 3.05) is 6.61 Å². The minimum absolute atomic E-state index is 0.0931. The van der Waals surface area contributed by atoms with E-state index in [2.05, 4.69) is 12.2 Å². The van der Waals surface area contributed by atoms with E-state index in [1.165, 1.54) is 6.07 Å². The fraction of sp³-hybridized carbons (Fsp3) is 0.355. The highest BCUT2D eigenvalue weighted by molar-refractivity contribution is 5.65. The summed E-state index contributed by atoms with van der Waals surface area (Å²) < 4.78 is 49.7. The summed E-state index contributed by atoms with van der Waals surface area (Å²) in [7, 11) is 0. The highest BCUT2D eigenvalue weighted by Crippen LogP contribution is 2.38. The molecule has 0 aromatic heterocycles. The van der Waals surface area contributed by atoms with Crippen LogP contribution in [0.5, 0.6) is 5.75 Å². The van der Waals surface area contributed by atoms with Crippen molar-refractivity contribution in [3.8, 4) is 16.9 Å². The molecular formula is C31H33F3O. The van der Waals surface area contributed by atoms with Crippen LogP contribution in [0, 0.1) is 23.4 Å². The second-order valence-corrected chi connectivity index (χ2v) is 9.35. The van der Waals surface area contributed by atoms with Gasteiger partial charge in [-0.05, 0) is 98.6 Å². The second kappa shape index (κ2) is 11.6. The van der Waals surface area contributed by atoms with Crippen molar-refractivity contribution in [2.24, 2.45) is 5.92 Å². The lowest BCUT2D eigenvalue weighted by molar-refractivity contribution is 0.338. The first-order valence-corrected chi connectivity index (χ1v) is 12.6. The molecule has 3 aromatic rings. The predicted octanol–water partition coefficient (Wildman–Crippen LogP) is 8.80. The van der Waals surface area contributed by atoms with Gasteiger partial charge in [-0.15, -0.1) is 0 Å². The number of rotatable bonds is 8. The van der Waals surface area contributed by atoms with Gasteiger partial charge in [0.1, 0.15) is 11.6 Å². The summed E-state index contributed by atoms with van der Waals surface area (Å²) in [6.45, 7) is 4.37. The van der Waals surface area contributed by atoms with E-state index in [-0.39, 0.29) is 11.7 Å². The number of benzene rings is 3. The van der Waals surface area contributed by atoms with E-state index in [1.807, 2.05) is 38.1 Å². The van der Waals surface area contributed by atoms with Gasteiger partial charge in [-0.2, -0.15) is 0 Å². The van der Waals surface area contributed by atoms with Gasteiger partial charge < -0.3 is 4.74 Å². The van der Waals surface area contributed by atoms with E-state index in [9.17, 15) is 13.2 Å². The highest BCUT2D eigenvalue weighted by atomic mass is 19.2. The molecule has 1 fully saturated rings. The maximum absolute atomic E-state index is 14.9. The molecule has 4 heteroatoms. The van der Waals surface area contributed by atoms with Gasteiger partial charge in [0.15, 0.2) is 11.6 Å². The van der Waals surface area contributed by atoms with Crippen molar-refractivity contribution in [2.45, 2.75) is 58.3 Å². The van der Waals surface area contributed by atoms with Crippen LogP contribution in [0.1, 0.15) is 62.1 Å². The van der Waals surface area contributed by atoms with Gasteiger partial charge in [0.25, 0.3) is 0 Å². The SMILES string of the molecule is C/C=C/C1CCC(c2ccc(CCc3ccc(-c4ccc(OCC)cc4F)cc3)c(F)c2F)CC1. The molecule has 0 amide bonds. The lowest BCUT2D eigenvalue weighted by atomic mass is 9.78. The lowest BCUT2D eigenvalue weighted by Gasteiger charge is -2.27. The van der Waals surface area contributed by atoms with Crippen LogP contribution in [0.2, 0.25) is 0 Å². The van der Waals surface area contributed by atoms with Crippen LogP contribution in [0.3, 0.4) is 0 Å². The van der Waals surface area contributed by atoms with Crippen molar-refractivity contribution in [1.29, 1.82) is 0 Å². The molecule has 35 heavy (non-hydrogen) atoms. The first kappa shape index (κ1) is 25.1. The van der Waals surface area contributed by atoms with Crippen molar-refractivity contribution < 1.29 is 17.9 Å². The molecule has 0 bridgehead atoms. The number of halogens is 3. The van der Waals surface area contributed by atoms with E-state index >= 15 is 0 Å². The molecule has 1 saturated carbocycles. The predicted molar refractivity (Wildman–Crippen MR) is 136 cm³/mol. The van der Waals surface area contributed by atoms with Gasteiger partial charge >= 0.3 is 0 Å². The molecule has 0 spiro atoms. The van der Waals surface area contributed by atoms with E-state index in [0.717, 1.165) is 36.8 Å². The maximum Gasteiger partial charge on any atom is 0.162 e. The summed E-state index contributed by atoms with van der Waals surface area (Å²) in [5.74, 6) is -0.579. The summed E-state index contributed by atoms with van der Waals surface area (Å²) in [6, 6.07) is 15.9. The third-order valence-corrected chi connectivity index (χ3v) is 7.07. The second-order valence-electron chi connectivity index (χ2n) is 9.35. The Morgan fingerprint density at radius 2 is 1.60 bits per heavy atom. The third kappa shape index (κ3) is 5.98. The van der Waals surface area contributed by atoms with Gasteiger partial charge in [-0.1, -0.05) is 48.6 Å². The first-order chi connectivity index (χ1) is 17.0. The molecule has 0 N–H and O–H groups in total. The Kier molecular flexibility index (Phi) is 8.33. The van der Waals surface area contributed by atoms with E-state index in [1.54, 1.807) is 24.3 Å². The van der Waals surface area contributed by atoms with Gasteiger partial charge in [0.05, 0.1) is 6.61 Å². The molecule has 0 aliphatic heterocycles. The number of hydrogen-bond donors (Lipinski definition) is 0. The van der Waals surface area contributed by atoms with Crippen LogP contribution in [-0.4, -0.2) is 6.61 Å². The minimum atomic E-state index is -0.717. The fourth-order valence-corrected chi connectivity index (χ4v) is 5.12. The topological polar surface area (TPSA) is 9.23 Å². The Hall–Kier alpha value is -3.01. The van der Waals surface area contributed by atoms with E-state index in [4.69, 9.17) is 4.74 Å². The van der Waals surface area contributed by atoms with Crippen LogP contribution < -0.4 is 4.74 Å². The normalized spacial score (nSPS) is 18.2. The molecule has 184 valence electrons. The molecule has 4 rings (SSSR count). The largest absolute Gasteiger partial charge is 0.494 e. The summed E-state index contributed by atoms with van der Waals surface area (Å²) in [4.78, 5) is 0. The Morgan fingerprint density at radius 3 is 2.26 bits per heavy atom. The highest BCUT2D eigenvalue weighted by Gasteiger charge is 2.25. The average molecular weight is 479 g/mol. The number of allylic oxidation sites excluding steroid dienone is 2. The molecule has 0 saturated heterocycles. The van der Waals surface area contributed by atoms with Crippen molar-refractivity contribution in [1.82, 2.24) is 0 Å². The summed E-state index contributed by atoms with van der Waals surface area (Å²) >= 11 is 0. The average Bonchev–Trinajstić information content (AvgIpc) is 2.87. The third-order valence-electron chi connectivity index (χ3n) is 7.07. The number of aryl methyl sites for hydroxylation is 2. The molecule has 1 aliphatic rings. The fourth-order valence-electron chi connectivity index (χ4n) is 5.12. The van der Waals surface area contributed by atoms with Gasteiger partial charge in [0, 0.05) is 11.6 Å². The molecule has 0 unspecified atom stereocenters. The maximum atomic E-state index is 14.9. The Balaban J connectivity index is 1.39. The van der Waals surface area contributed by atoms with E-state index in [0.29, 0.717) is 47.8 Å². The summed E-state index contributed by atoms with van der Waals surface area (Å²) in [6.07, 6.45) is 9.12. The van der Waals surface area contributed by atoms with Gasteiger partial charge in [0.2, 0.25) is 0 Å². The van der Waals surface area contributed by atoms with Crippen LogP contribution >= 0.6 is 0 Å². The van der Waals surface area contributed by atoms with Crippen LogP contribution in [0.15, 0.2) is 66.7 Å². The van der Waals surface area contributed by atoms with Crippen LogP contribution in [-0.2, 0) is 12.8 Å². The van der Waals surface area contributed by atoms with Crippen molar-refractivity contribution in [3.63, 3.8) is 0 Å². The van der Waals surface area contributed by atoms with Crippen molar-refractivity contribution >= 4 is 0 Å². The number of ether oxygens (including phenoxy) is 1.